The van der Waals surface area contributed by atoms with E-state index in [0.717, 1.165) is 6.42 Å². The second kappa shape index (κ2) is 11.1. The molecule has 3 aromatic rings. The van der Waals surface area contributed by atoms with Gasteiger partial charge < -0.3 is 19.2 Å². The molecule has 2 heterocycles. The third-order valence-corrected chi connectivity index (χ3v) is 5.60. The molecule has 188 valence electrons. The number of fused-ring (bicyclic) bond motifs is 1. The lowest BCUT2D eigenvalue weighted by atomic mass is 10.1. The summed E-state index contributed by atoms with van der Waals surface area (Å²) in [5, 5.41) is 2.82. The fourth-order valence-electron chi connectivity index (χ4n) is 3.64. The Morgan fingerprint density at radius 1 is 1.14 bits per heavy atom. The van der Waals surface area contributed by atoms with E-state index in [1.54, 1.807) is 36.4 Å². The number of Topliss-reactive ketones (excluding diaryl/α,β-unsaturated/α-hetero) is 1. The van der Waals surface area contributed by atoms with Gasteiger partial charge in [0.15, 0.2) is 24.8 Å². The van der Waals surface area contributed by atoms with Crippen LogP contribution in [0.25, 0.3) is 0 Å². The molecule has 36 heavy (non-hydrogen) atoms. The zero-order valence-corrected chi connectivity index (χ0v) is 20.1. The Kier molecular flexibility index (Phi) is 7.68. The van der Waals surface area contributed by atoms with Gasteiger partial charge in [0.1, 0.15) is 23.1 Å². The van der Waals surface area contributed by atoms with Gasteiger partial charge in [-0.25, -0.2) is 4.39 Å². The van der Waals surface area contributed by atoms with Crippen molar-refractivity contribution in [1.82, 2.24) is 5.32 Å². The highest BCUT2D eigenvalue weighted by atomic mass is 19.1. The summed E-state index contributed by atoms with van der Waals surface area (Å²) < 4.78 is 29.9. The summed E-state index contributed by atoms with van der Waals surface area (Å²) in [6.45, 7) is 4.29. The molecule has 0 saturated carbocycles. The summed E-state index contributed by atoms with van der Waals surface area (Å²) in [5.74, 6) is 0.273. The summed E-state index contributed by atoms with van der Waals surface area (Å²) >= 11 is 0. The lowest BCUT2D eigenvalue weighted by molar-refractivity contribution is -0.121. The zero-order chi connectivity index (χ0) is 25.7. The first-order valence-corrected chi connectivity index (χ1v) is 11.7. The number of benzene rings is 2. The van der Waals surface area contributed by atoms with E-state index in [1.165, 1.54) is 23.1 Å². The van der Waals surface area contributed by atoms with Crippen LogP contribution in [-0.4, -0.2) is 37.4 Å². The van der Waals surface area contributed by atoms with Crippen molar-refractivity contribution in [2.45, 2.75) is 26.8 Å². The lowest BCUT2D eigenvalue weighted by Crippen LogP contribution is -2.38. The second-order valence-corrected chi connectivity index (χ2v) is 8.82. The van der Waals surface area contributed by atoms with Crippen molar-refractivity contribution in [2.24, 2.45) is 5.92 Å². The Bertz CT molecular complexity index is 1270. The van der Waals surface area contributed by atoms with Gasteiger partial charge in [-0.15, -0.1) is 0 Å². The molecule has 0 saturated heterocycles. The van der Waals surface area contributed by atoms with Crippen molar-refractivity contribution in [3.05, 3.63) is 77.5 Å². The Morgan fingerprint density at radius 3 is 2.75 bits per heavy atom. The number of anilines is 1. The van der Waals surface area contributed by atoms with Crippen LogP contribution in [0.15, 0.2) is 59.0 Å². The van der Waals surface area contributed by atoms with E-state index in [2.05, 4.69) is 19.2 Å². The van der Waals surface area contributed by atoms with Crippen molar-refractivity contribution in [2.75, 3.05) is 24.7 Å². The quantitative estimate of drug-likeness (QED) is 0.420. The standard InChI is InChI=1S/C27H27FN2O6/c1-17(2)10-11-29-27(33)25-9-7-21(36-25)14-30-22-12-18(6-8-24(22)35-16-26(30)32)23(31)15-34-20-5-3-4-19(28)13-20/h3-9,12-13,17H,10-11,14-16H2,1-2H3,(H,29,33). The number of nitrogens with one attached hydrogen (secondary N) is 1. The number of amides is 2. The molecule has 1 aromatic heterocycles. The van der Waals surface area contributed by atoms with Gasteiger partial charge in [0.05, 0.1) is 12.2 Å². The van der Waals surface area contributed by atoms with Crippen LogP contribution in [0.5, 0.6) is 11.5 Å². The summed E-state index contributed by atoms with van der Waals surface area (Å²) in [5.41, 5.74) is 0.709. The molecule has 1 N–H and O–H groups in total. The molecular formula is C27H27FN2O6. The number of carbonyl (C=O) groups is 3. The van der Waals surface area contributed by atoms with Crippen molar-refractivity contribution in [3.8, 4) is 11.5 Å². The monoisotopic (exact) mass is 494 g/mol. The first kappa shape index (κ1) is 25.0. The predicted molar refractivity (Wildman–Crippen MR) is 130 cm³/mol. The lowest BCUT2D eigenvalue weighted by Gasteiger charge is -2.29. The number of carbonyl (C=O) groups excluding carboxylic acids is 3. The van der Waals surface area contributed by atoms with Gasteiger partial charge in [-0.05, 0) is 54.8 Å². The normalized spacial score (nSPS) is 12.8. The predicted octanol–water partition coefficient (Wildman–Crippen LogP) is 4.38. The van der Waals surface area contributed by atoms with Crippen molar-refractivity contribution >= 4 is 23.3 Å². The van der Waals surface area contributed by atoms with Gasteiger partial charge in [0, 0.05) is 18.2 Å². The maximum Gasteiger partial charge on any atom is 0.286 e. The molecule has 0 unspecified atom stereocenters. The third kappa shape index (κ3) is 6.10. The van der Waals surface area contributed by atoms with Gasteiger partial charge in [-0.1, -0.05) is 19.9 Å². The number of ether oxygens (including phenoxy) is 2. The van der Waals surface area contributed by atoms with Crippen molar-refractivity contribution < 1.29 is 32.7 Å². The number of rotatable bonds is 10. The topological polar surface area (TPSA) is 98.1 Å². The van der Waals surface area contributed by atoms with E-state index in [-0.39, 0.29) is 48.9 Å². The fraction of sp³-hybridized carbons (Fsp3) is 0.296. The molecule has 0 bridgehead atoms. The van der Waals surface area contributed by atoms with Crippen molar-refractivity contribution in [3.63, 3.8) is 0 Å². The van der Waals surface area contributed by atoms with Crippen LogP contribution < -0.4 is 19.7 Å². The van der Waals surface area contributed by atoms with Gasteiger partial charge in [0.25, 0.3) is 11.8 Å². The highest BCUT2D eigenvalue weighted by Crippen LogP contribution is 2.34. The summed E-state index contributed by atoms with van der Waals surface area (Å²) in [6.07, 6.45) is 0.854. The first-order chi connectivity index (χ1) is 17.3. The minimum Gasteiger partial charge on any atom is -0.485 e. The van der Waals surface area contributed by atoms with Crippen LogP contribution in [0.4, 0.5) is 10.1 Å². The summed E-state index contributed by atoms with van der Waals surface area (Å²) in [6, 6.07) is 13.5. The van der Waals surface area contributed by atoms with E-state index in [0.29, 0.717) is 35.2 Å². The molecule has 0 spiro atoms. The van der Waals surface area contributed by atoms with E-state index in [9.17, 15) is 18.8 Å². The van der Waals surface area contributed by atoms with E-state index < -0.39 is 5.82 Å². The molecule has 0 radical (unpaired) electrons. The van der Waals surface area contributed by atoms with E-state index >= 15 is 0 Å². The second-order valence-electron chi connectivity index (χ2n) is 8.82. The maximum absolute atomic E-state index is 13.3. The molecule has 8 nitrogen and oxygen atoms in total. The Morgan fingerprint density at radius 2 is 1.97 bits per heavy atom. The number of ketones is 1. The molecule has 2 amide bonds. The minimum absolute atomic E-state index is 0.0614. The van der Waals surface area contributed by atoms with Crippen molar-refractivity contribution in [1.29, 1.82) is 0 Å². The number of hydrogen-bond acceptors (Lipinski definition) is 6. The number of hydrogen-bond donors (Lipinski definition) is 1. The van der Waals surface area contributed by atoms with Gasteiger partial charge in [0.2, 0.25) is 0 Å². The Balaban J connectivity index is 1.45. The third-order valence-electron chi connectivity index (χ3n) is 5.60. The Hall–Kier alpha value is -4.14. The molecule has 0 atom stereocenters. The largest absolute Gasteiger partial charge is 0.485 e. The van der Waals surface area contributed by atoms with Crippen LogP contribution in [0, 0.1) is 11.7 Å². The minimum atomic E-state index is -0.464. The fourth-order valence-corrected chi connectivity index (χ4v) is 3.64. The Labute approximate surface area is 208 Å². The van der Waals surface area contributed by atoms with E-state index in [1.807, 2.05) is 0 Å². The summed E-state index contributed by atoms with van der Waals surface area (Å²) in [4.78, 5) is 39.1. The molecular weight excluding hydrogens is 467 g/mol. The summed E-state index contributed by atoms with van der Waals surface area (Å²) in [7, 11) is 0. The van der Waals surface area contributed by atoms with Crippen LogP contribution >= 0.6 is 0 Å². The molecule has 9 heteroatoms. The average molecular weight is 495 g/mol. The smallest absolute Gasteiger partial charge is 0.286 e. The van der Waals surface area contributed by atoms with E-state index in [4.69, 9.17) is 13.9 Å². The van der Waals surface area contributed by atoms with Gasteiger partial charge >= 0.3 is 0 Å². The first-order valence-electron chi connectivity index (χ1n) is 11.7. The van der Waals surface area contributed by atoms with Crippen LogP contribution in [0.2, 0.25) is 0 Å². The molecule has 2 aromatic carbocycles. The zero-order valence-electron chi connectivity index (χ0n) is 20.1. The van der Waals surface area contributed by atoms with Crippen LogP contribution in [0.3, 0.4) is 0 Å². The van der Waals surface area contributed by atoms with Gasteiger partial charge in [-0.2, -0.15) is 0 Å². The highest BCUT2D eigenvalue weighted by molar-refractivity contribution is 6.02. The number of furan rings is 1. The maximum atomic E-state index is 13.3. The SMILES string of the molecule is CC(C)CCNC(=O)c1ccc(CN2C(=O)COc3ccc(C(=O)COc4cccc(F)c4)cc32)o1. The molecule has 0 fully saturated rings. The average Bonchev–Trinajstić information content (AvgIpc) is 3.32. The molecule has 1 aliphatic heterocycles. The molecule has 4 rings (SSSR count). The van der Waals surface area contributed by atoms with Crippen LogP contribution in [0.1, 0.15) is 46.9 Å². The number of halogens is 1. The highest BCUT2D eigenvalue weighted by Gasteiger charge is 2.28. The van der Waals surface area contributed by atoms with Gasteiger partial charge in [-0.3, -0.25) is 19.3 Å². The molecule has 1 aliphatic rings. The number of nitrogens with zero attached hydrogens (tertiary/aromatic N) is 1. The molecule has 0 aliphatic carbocycles. The van der Waals surface area contributed by atoms with Crippen LogP contribution in [-0.2, 0) is 11.3 Å².